The zero-order valence-corrected chi connectivity index (χ0v) is 35.7. The first-order chi connectivity index (χ1) is 27.8. The topological polar surface area (TPSA) is 149 Å². The highest BCUT2D eigenvalue weighted by atomic mass is 19.4. The predicted octanol–water partition coefficient (Wildman–Crippen LogP) is 10.6. The number of hydrogen-bond donors (Lipinski definition) is 2. The number of nitrogens with zero attached hydrogens (tertiary/aromatic N) is 1. The number of carbonyl (C=O) groups is 5. The third-order valence-electron chi connectivity index (χ3n) is 7.08. The zero-order valence-electron chi connectivity index (χ0n) is 35.7. The number of aldehydes is 1. The second-order valence-electron chi connectivity index (χ2n) is 16.5. The fourth-order valence-electron chi connectivity index (χ4n) is 4.70. The number of ether oxygens (including phenoxy) is 3. The van der Waals surface area contributed by atoms with Gasteiger partial charge in [0, 0.05) is 25.7 Å². The van der Waals surface area contributed by atoms with Crippen molar-refractivity contribution in [2.45, 2.75) is 111 Å². The molecule has 0 saturated heterocycles. The number of carbonyl (C=O) groups excluding carboxylic acids is 4. The SMILES string of the molecule is CC(C)(C)OC(=O)c1cc(C=O)cc(C(F)(F)F)c1.CN(Cc1cc(C(=O)O)cc(C(F)(F)F)c1)C(=O)OC(C)(C)C.CNCc1cc(C(=O)OC(C)(C)C)cc(C(F)(F)F)c1. The van der Waals surface area contributed by atoms with Gasteiger partial charge in [-0.05, 0) is 135 Å². The van der Waals surface area contributed by atoms with Crippen LogP contribution in [0, 0.1) is 0 Å². The van der Waals surface area contributed by atoms with Crippen LogP contribution in [-0.4, -0.2) is 71.2 Å². The van der Waals surface area contributed by atoms with Gasteiger partial charge in [0.25, 0.3) is 0 Å². The van der Waals surface area contributed by atoms with Crippen molar-refractivity contribution < 1.29 is 82.8 Å². The number of carboxylic acid groups (broad SMARTS) is 1. The van der Waals surface area contributed by atoms with E-state index in [-0.39, 0.29) is 41.6 Å². The van der Waals surface area contributed by atoms with E-state index in [1.54, 1.807) is 69.4 Å². The van der Waals surface area contributed by atoms with E-state index in [4.69, 9.17) is 19.3 Å². The van der Waals surface area contributed by atoms with Crippen molar-refractivity contribution in [1.82, 2.24) is 10.2 Å². The normalized spacial score (nSPS) is 12.1. The molecule has 0 aliphatic heterocycles. The molecule has 11 nitrogen and oxygen atoms in total. The van der Waals surface area contributed by atoms with E-state index in [1.165, 1.54) is 13.1 Å². The smallest absolute Gasteiger partial charge is 0.416 e. The molecule has 0 saturated carbocycles. The minimum absolute atomic E-state index is 0.0468. The largest absolute Gasteiger partial charge is 0.478 e. The van der Waals surface area contributed by atoms with Gasteiger partial charge in [0.1, 0.15) is 23.1 Å². The monoisotopic (exact) mass is 896 g/mol. The van der Waals surface area contributed by atoms with E-state index in [9.17, 15) is 63.5 Å². The molecule has 62 heavy (non-hydrogen) atoms. The molecular formula is C42H49F9N2O9. The lowest BCUT2D eigenvalue weighted by Crippen LogP contribution is -2.33. The standard InChI is InChI=1S/C15H18F3NO4.C14H18F3NO2.C13H13F3O3/c1-14(2,3)23-13(22)19(4)8-9-5-10(12(20)21)7-11(6-9)15(16,17)18;1-13(2,3)20-12(19)10-5-9(8-18-4)6-11(7-10)14(15,16)17;1-12(2,3)19-11(18)9-4-8(7-17)5-10(6-9)13(14,15)16/h5-7H,8H2,1-4H3,(H,20,21);5-7,18H,8H2,1-4H3;4-7H,1-3H3. The summed E-state index contributed by atoms with van der Waals surface area (Å²) < 4.78 is 130. The Kier molecular flexibility index (Phi) is 18.4. The van der Waals surface area contributed by atoms with Crippen LogP contribution >= 0.6 is 0 Å². The Bertz CT molecular complexity index is 2060. The van der Waals surface area contributed by atoms with Crippen LogP contribution in [0.3, 0.4) is 0 Å². The summed E-state index contributed by atoms with van der Waals surface area (Å²) in [4.78, 5) is 58.1. The molecule has 0 bridgehead atoms. The van der Waals surface area contributed by atoms with Gasteiger partial charge in [-0.1, -0.05) is 0 Å². The molecule has 0 radical (unpaired) electrons. The van der Waals surface area contributed by atoms with Gasteiger partial charge in [0.2, 0.25) is 0 Å². The minimum atomic E-state index is -4.68. The first-order valence-electron chi connectivity index (χ1n) is 18.2. The van der Waals surface area contributed by atoms with E-state index in [0.717, 1.165) is 35.2 Å². The van der Waals surface area contributed by atoms with Crippen molar-refractivity contribution in [2.75, 3.05) is 14.1 Å². The van der Waals surface area contributed by atoms with Gasteiger partial charge < -0.3 is 29.5 Å². The van der Waals surface area contributed by atoms with Crippen LogP contribution in [0.5, 0.6) is 0 Å². The van der Waals surface area contributed by atoms with Crippen LogP contribution < -0.4 is 5.32 Å². The van der Waals surface area contributed by atoms with Gasteiger partial charge in [0.05, 0.1) is 33.4 Å². The Morgan fingerprint density at radius 3 is 1.32 bits per heavy atom. The van der Waals surface area contributed by atoms with Gasteiger partial charge in [-0.2, -0.15) is 39.5 Å². The number of esters is 2. The lowest BCUT2D eigenvalue weighted by atomic mass is 10.0. The molecule has 1 amide bonds. The third kappa shape index (κ3) is 19.8. The summed E-state index contributed by atoms with van der Waals surface area (Å²) in [5, 5.41) is 11.7. The van der Waals surface area contributed by atoms with Crippen LogP contribution in [0.25, 0.3) is 0 Å². The summed E-state index contributed by atoms with van der Waals surface area (Å²) in [7, 11) is 2.97. The first-order valence-corrected chi connectivity index (χ1v) is 18.2. The molecule has 0 unspecified atom stereocenters. The zero-order chi connectivity index (χ0) is 48.4. The molecule has 344 valence electrons. The average Bonchev–Trinajstić information content (AvgIpc) is 3.08. The van der Waals surface area contributed by atoms with Crippen LogP contribution in [0.2, 0.25) is 0 Å². The number of hydrogen-bond acceptors (Lipinski definition) is 9. The van der Waals surface area contributed by atoms with E-state index in [2.05, 4.69) is 5.32 Å². The summed E-state index contributed by atoms with van der Waals surface area (Å²) in [5.74, 6) is -3.14. The quantitative estimate of drug-likeness (QED) is 0.0969. The lowest BCUT2D eigenvalue weighted by molar-refractivity contribution is -0.138. The highest BCUT2D eigenvalue weighted by molar-refractivity contribution is 5.92. The Hall–Kier alpha value is -5.66. The van der Waals surface area contributed by atoms with E-state index >= 15 is 0 Å². The van der Waals surface area contributed by atoms with Gasteiger partial charge in [-0.15, -0.1) is 0 Å². The van der Waals surface area contributed by atoms with E-state index in [1.807, 2.05) is 0 Å². The molecule has 0 atom stereocenters. The number of alkyl halides is 9. The highest BCUT2D eigenvalue weighted by Gasteiger charge is 2.34. The van der Waals surface area contributed by atoms with Crippen LogP contribution in [-0.2, 0) is 45.8 Å². The average molecular weight is 897 g/mol. The Morgan fingerprint density at radius 2 is 0.952 bits per heavy atom. The Morgan fingerprint density at radius 1 is 0.581 bits per heavy atom. The van der Waals surface area contributed by atoms with Gasteiger partial charge in [-0.25, -0.2) is 19.2 Å². The van der Waals surface area contributed by atoms with Crippen molar-refractivity contribution >= 4 is 30.3 Å². The van der Waals surface area contributed by atoms with Gasteiger partial charge in [-0.3, -0.25) is 4.79 Å². The summed E-state index contributed by atoms with van der Waals surface area (Å²) in [6, 6.07) is 8.11. The maximum Gasteiger partial charge on any atom is 0.416 e. The summed E-state index contributed by atoms with van der Waals surface area (Å²) in [6.45, 7) is 14.8. The maximum atomic E-state index is 12.8. The maximum absolute atomic E-state index is 12.8. The number of carboxylic acids is 1. The first kappa shape index (κ1) is 54.4. The molecular weight excluding hydrogens is 847 g/mol. The molecule has 2 N–H and O–H groups in total. The number of benzene rings is 3. The minimum Gasteiger partial charge on any atom is -0.478 e. The van der Waals surface area contributed by atoms with Gasteiger partial charge >= 0.3 is 42.5 Å². The number of halogens is 9. The molecule has 20 heteroatoms. The molecule has 3 aromatic carbocycles. The molecule has 0 heterocycles. The predicted molar refractivity (Wildman–Crippen MR) is 207 cm³/mol. The molecule has 0 aliphatic carbocycles. The molecule has 3 aromatic rings. The van der Waals surface area contributed by atoms with Crippen molar-refractivity contribution in [3.05, 3.63) is 105 Å². The summed E-state index contributed by atoms with van der Waals surface area (Å²) in [6.07, 6.45) is -14.3. The Labute approximate surface area is 352 Å². The number of amides is 1. The molecule has 0 aromatic heterocycles. The molecule has 0 aliphatic rings. The van der Waals surface area contributed by atoms with Crippen molar-refractivity contribution in [3.63, 3.8) is 0 Å². The van der Waals surface area contributed by atoms with Crippen LogP contribution in [0.1, 0.15) is 132 Å². The summed E-state index contributed by atoms with van der Waals surface area (Å²) >= 11 is 0. The number of rotatable bonds is 8. The van der Waals surface area contributed by atoms with Gasteiger partial charge in [0.15, 0.2) is 0 Å². The van der Waals surface area contributed by atoms with Crippen LogP contribution in [0.15, 0.2) is 54.6 Å². The van der Waals surface area contributed by atoms with Crippen molar-refractivity contribution in [1.29, 1.82) is 0 Å². The second-order valence-corrected chi connectivity index (χ2v) is 16.5. The fourth-order valence-corrected chi connectivity index (χ4v) is 4.70. The molecule has 3 rings (SSSR count). The number of nitrogens with one attached hydrogen (secondary N) is 1. The van der Waals surface area contributed by atoms with Crippen molar-refractivity contribution in [3.8, 4) is 0 Å². The molecule has 0 fully saturated rings. The van der Waals surface area contributed by atoms with Crippen LogP contribution in [0.4, 0.5) is 44.3 Å². The Balaban J connectivity index is 0.000000467. The fraction of sp³-hybridized carbons (Fsp3) is 0.452. The number of aromatic carboxylic acids is 1. The summed E-state index contributed by atoms with van der Waals surface area (Å²) in [5.41, 5.74) is -6.01. The van der Waals surface area contributed by atoms with E-state index < -0.39 is 81.6 Å². The van der Waals surface area contributed by atoms with E-state index in [0.29, 0.717) is 23.8 Å². The second kappa shape index (κ2) is 20.9. The molecule has 0 spiro atoms. The highest BCUT2D eigenvalue weighted by Crippen LogP contribution is 2.33. The van der Waals surface area contributed by atoms with Crippen molar-refractivity contribution in [2.24, 2.45) is 0 Å². The third-order valence-corrected chi connectivity index (χ3v) is 7.08. The lowest BCUT2D eigenvalue weighted by Gasteiger charge is -2.25.